The summed E-state index contributed by atoms with van der Waals surface area (Å²) in [6, 6.07) is 10.4. The van der Waals surface area contributed by atoms with Crippen molar-refractivity contribution in [2.45, 2.75) is 18.2 Å². The summed E-state index contributed by atoms with van der Waals surface area (Å²) in [5.41, 5.74) is 0.771. The number of benzene rings is 2. The Labute approximate surface area is 194 Å². The molecule has 0 unspecified atom stereocenters. The second kappa shape index (κ2) is 9.27. The smallest absolute Gasteiger partial charge is 0.276 e. The van der Waals surface area contributed by atoms with E-state index in [-0.39, 0.29) is 35.9 Å². The zero-order chi connectivity index (χ0) is 24.5. The molecule has 0 bridgehead atoms. The fourth-order valence-corrected chi connectivity index (χ4v) is 5.22. The van der Waals surface area contributed by atoms with Gasteiger partial charge in [0.05, 0.1) is 21.2 Å². The van der Waals surface area contributed by atoms with Crippen LogP contribution in [0.15, 0.2) is 53.4 Å². The number of carbonyl (C=O) groups excluding carboxylic acids is 1. The molecule has 0 saturated carbocycles. The fraction of sp³-hybridized carbons (Fsp3) is 0.286. The number of non-ortho nitro benzene ring substituents is 1. The SMILES string of the molecule is Cc1c(C(=O)N2CCCN(S(=O)(=O)c3ccc(F)cc3)CC2)nnn1-c1cccc([N+](=O)[O-])c1. The molecule has 1 aliphatic rings. The number of hydrogen-bond acceptors (Lipinski definition) is 7. The molecule has 4 rings (SSSR count). The molecule has 0 N–H and O–H groups in total. The van der Waals surface area contributed by atoms with Crippen molar-refractivity contribution in [2.24, 2.45) is 0 Å². The Morgan fingerprint density at radius 1 is 1.09 bits per heavy atom. The van der Waals surface area contributed by atoms with Crippen molar-refractivity contribution in [3.05, 3.63) is 75.9 Å². The topological polar surface area (TPSA) is 132 Å². The molecule has 13 heteroatoms. The van der Waals surface area contributed by atoms with Gasteiger partial charge < -0.3 is 4.90 Å². The Bertz CT molecular complexity index is 1340. The number of sulfonamides is 1. The van der Waals surface area contributed by atoms with E-state index in [4.69, 9.17) is 0 Å². The van der Waals surface area contributed by atoms with Crippen molar-refractivity contribution in [1.82, 2.24) is 24.2 Å². The van der Waals surface area contributed by atoms with Crippen LogP contribution in [0, 0.1) is 22.9 Å². The third-order valence-electron chi connectivity index (χ3n) is 5.58. The van der Waals surface area contributed by atoms with Crippen LogP contribution in [0.3, 0.4) is 0 Å². The molecule has 1 aromatic heterocycles. The molecule has 178 valence electrons. The largest absolute Gasteiger partial charge is 0.336 e. The predicted molar refractivity (Wildman–Crippen MR) is 118 cm³/mol. The van der Waals surface area contributed by atoms with Crippen molar-refractivity contribution in [3.8, 4) is 5.69 Å². The van der Waals surface area contributed by atoms with E-state index >= 15 is 0 Å². The van der Waals surface area contributed by atoms with Crippen molar-refractivity contribution in [2.75, 3.05) is 26.2 Å². The lowest BCUT2D eigenvalue weighted by atomic mass is 10.2. The fourth-order valence-electron chi connectivity index (χ4n) is 3.75. The molecule has 1 fully saturated rings. The first-order chi connectivity index (χ1) is 16.2. The Balaban J connectivity index is 1.51. The number of amides is 1. The van der Waals surface area contributed by atoms with Crippen molar-refractivity contribution < 1.29 is 22.5 Å². The molecule has 11 nitrogen and oxygen atoms in total. The lowest BCUT2D eigenvalue weighted by molar-refractivity contribution is -0.384. The van der Waals surface area contributed by atoms with Gasteiger partial charge in [0.15, 0.2) is 5.69 Å². The highest BCUT2D eigenvalue weighted by molar-refractivity contribution is 7.89. The molecule has 0 spiro atoms. The van der Waals surface area contributed by atoms with E-state index in [1.54, 1.807) is 13.0 Å². The number of hydrogen-bond donors (Lipinski definition) is 0. The van der Waals surface area contributed by atoms with E-state index in [1.165, 1.54) is 44.2 Å². The third kappa shape index (κ3) is 4.52. The summed E-state index contributed by atoms with van der Waals surface area (Å²) in [6.07, 6.45) is 0.407. The van der Waals surface area contributed by atoms with E-state index in [0.29, 0.717) is 24.3 Å². The van der Waals surface area contributed by atoms with Crippen molar-refractivity contribution in [1.29, 1.82) is 0 Å². The summed E-state index contributed by atoms with van der Waals surface area (Å²) in [4.78, 5) is 25.2. The van der Waals surface area contributed by atoms with Gasteiger partial charge in [-0.3, -0.25) is 14.9 Å². The van der Waals surface area contributed by atoms with Crippen LogP contribution in [0.2, 0.25) is 0 Å². The molecule has 0 atom stereocenters. The van der Waals surface area contributed by atoms with E-state index in [9.17, 15) is 27.7 Å². The zero-order valence-corrected chi connectivity index (χ0v) is 19.0. The Morgan fingerprint density at radius 2 is 1.82 bits per heavy atom. The highest BCUT2D eigenvalue weighted by Crippen LogP contribution is 2.21. The van der Waals surface area contributed by atoms with Gasteiger partial charge >= 0.3 is 0 Å². The molecule has 2 aromatic carbocycles. The molecule has 1 saturated heterocycles. The monoisotopic (exact) mass is 488 g/mol. The van der Waals surface area contributed by atoms with Gasteiger partial charge in [0.2, 0.25) is 10.0 Å². The van der Waals surface area contributed by atoms with E-state index < -0.39 is 26.7 Å². The first kappa shape index (κ1) is 23.4. The first-order valence-corrected chi connectivity index (χ1v) is 11.8. The molecule has 1 amide bonds. The average Bonchev–Trinajstić information content (AvgIpc) is 3.03. The van der Waals surface area contributed by atoms with Crippen molar-refractivity contribution in [3.63, 3.8) is 0 Å². The molecule has 0 aliphatic carbocycles. The minimum atomic E-state index is -3.83. The molecule has 0 radical (unpaired) electrons. The summed E-state index contributed by atoms with van der Waals surface area (Å²) in [5.74, 6) is -0.935. The Hall–Kier alpha value is -3.71. The molecular formula is C21H21FN6O5S. The zero-order valence-electron chi connectivity index (χ0n) is 18.2. The predicted octanol–water partition coefficient (Wildman–Crippen LogP) is 2.16. The van der Waals surface area contributed by atoms with Gasteiger partial charge in [-0.2, -0.15) is 4.31 Å². The first-order valence-electron chi connectivity index (χ1n) is 10.4. The molecular weight excluding hydrogens is 467 g/mol. The number of nitrogens with zero attached hydrogens (tertiary/aromatic N) is 6. The van der Waals surface area contributed by atoms with Crippen molar-refractivity contribution >= 4 is 21.6 Å². The summed E-state index contributed by atoms with van der Waals surface area (Å²) < 4.78 is 41.6. The number of aromatic nitrogens is 3. The Kier molecular flexibility index (Phi) is 6.39. The van der Waals surface area contributed by atoms with Gasteiger partial charge in [0.1, 0.15) is 5.82 Å². The molecule has 2 heterocycles. The summed E-state index contributed by atoms with van der Waals surface area (Å²) in [5, 5.41) is 19.0. The van der Waals surface area contributed by atoms with Crippen LogP contribution in [0.25, 0.3) is 5.69 Å². The quantitative estimate of drug-likeness (QED) is 0.397. The number of carbonyl (C=O) groups is 1. The number of nitro benzene ring substituents is 1. The van der Waals surface area contributed by atoms with Gasteiger partial charge in [0, 0.05) is 38.3 Å². The van der Waals surface area contributed by atoms with Crippen LogP contribution in [-0.2, 0) is 10.0 Å². The van der Waals surface area contributed by atoms with Crippen LogP contribution in [0.4, 0.5) is 10.1 Å². The van der Waals surface area contributed by atoms with Gasteiger partial charge in [0.25, 0.3) is 11.6 Å². The summed E-state index contributed by atoms with van der Waals surface area (Å²) >= 11 is 0. The van der Waals surface area contributed by atoms with Crippen LogP contribution >= 0.6 is 0 Å². The second-order valence-corrected chi connectivity index (χ2v) is 9.65. The maximum absolute atomic E-state index is 13.2. The van der Waals surface area contributed by atoms with E-state index in [1.807, 2.05) is 0 Å². The molecule has 1 aliphatic heterocycles. The highest BCUT2D eigenvalue weighted by atomic mass is 32.2. The highest BCUT2D eigenvalue weighted by Gasteiger charge is 2.30. The van der Waals surface area contributed by atoms with E-state index in [0.717, 1.165) is 12.1 Å². The lowest BCUT2D eigenvalue weighted by Crippen LogP contribution is -2.37. The number of rotatable bonds is 5. The number of nitro groups is 1. The van der Waals surface area contributed by atoms with Crippen LogP contribution < -0.4 is 0 Å². The Morgan fingerprint density at radius 3 is 2.53 bits per heavy atom. The maximum Gasteiger partial charge on any atom is 0.276 e. The van der Waals surface area contributed by atoms with Gasteiger partial charge in [-0.25, -0.2) is 17.5 Å². The number of halogens is 1. The minimum absolute atomic E-state index is 0.00980. The minimum Gasteiger partial charge on any atom is -0.336 e. The summed E-state index contributed by atoms with van der Waals surface area (Å²) in [7, 11) is -3.83. The van der Waals surface area contributed by atoms with Gasteiger partial charge in [-0.05, 0) is 43.7 Å². The average molecular weight is 489 g/mol. The van der Waals surface area contributed by atoms with Crippen LogP contribution in [0.1, 0.15) is 22.6 Å². The summed E-state index contributed by atoms with van der Waals surface area (Å²) in [6.45, 7) is 2.38. The van der Waals surface area contributed by atoms with E-state index in [2.05, 4.69) is 10.3 Å². The van der Waals surface area contributed by atoms with Crippen LogP contribution in [0.5, 0.6) is 0 Å². The van der Waals surface area contributed by atoms with Gasteiger partial charge in [-0.15, -0.1) is 5.10 Å². The third-order valence-corrected chi connectivity index (χ3v) is 7.49. The maximum atomic E-state index is 13.2. The molecule has 34 heavy (non-hydrogen) atoms. The second-order valence-electron chi connectivity index (χ2n) is 7.72. The molecule has 3 aromatic rings. The lowest BCUT2D eigenvalue weighted by Gasteiger charge is -2.21. The standard InChI is InChI=1S/C21H21FN6O5S/c1-15-20(23-24-27(15)17-4-2-5-18(14-17)28(30)31)21(29)25-10-3-11-26(13-12-25)34(32,33)19-8-6-16(22)7-9-19/h2,4-9,14H,3,10-13H2,1H3. The van der Waals surface area contributed by atoms with Crippen LogP contribution in [-0.4, -0.2) is 69.6 Å². The van der Waals surface area contributed by atoms with Gasteiger partial charge in [-0.1, -0.05) is 11.3 Å². The normalized spacial score (nSPS) is 15.2.